The number of amides is 1. The first kappa shape index (κ1) is 71.6. The van der Waals surface area contributed by atoms with E-state index in [1.54, 1.807) is 0 Å². The SMILES string of the molecule is CCCCC/C=C\C/C=C\CCCCCCCCC(O)C(=O)NC(COC1OC(CO)C(O)C(O)C1O)C(O)C(O)CCCCCCCCCCCCCCCCCCCCCCCCCCCCCCCCCC. The van der Waals surface area contributed by atoms with Gasteiger partial charge in [-0.05, 0) is 44.9 Å². The van der Waals surface area contributed by atoms with E-state index >= 15 is 0 Å². The molecule has 11 heteroatoms. The van der Waals surface area contributed by atoms with Crippen molar-refractivity contribution in [2.45, 2.75) is 364 Å². The van der Waals surface area contributed by atoms with E-state index in [0.717, 1.165) is 64.2 Å². The highest BCUT2D eigenvalue weighted by atomic mass is 16.7. The van der Waals surface area contributed by atoms with Crippen LogP contribution >= 0.6 is 0 Å². The summed E-state index contributed by atoms with van der Waals surface area (Å²) < 4.78 is 11.2. The average Bonchev–Trinajstić information content (AvgIpc) is 3.41. The van der Waals surface area contributed by atoms with Crippen molar-refractivity contribution in [1.82, 2.24) is 5.32 Å². The van der Waals surface area contributed by atoms with E-state index in [1.165, 1.54) is 205 Å². The van der Waals surface area contributed by atoms with E-state index in [4.69, 9.17) is 9.47 Å². The minimum Gasteiger partial charge on any atom is -0.394 e. The lowest BCUT2D eigenvalue weighted by molar-refractivity contribution is -0.303. The van der Waals surface area contributed by atoms with Gasteiger partial charge in [0.15, 0.2) is 6.29 Å². The third kappa shape index (κ3) is 41.3. The molecule has 0 spiro atoms. The number of ether oxygens (including phenoxy) is 2. The molecule has 0 radical (unpaired) electrons. The van der Waals surface area contributed by atoms with Crippen LogP contribution in [0.4, 0.5) is 0 Å². The first-order chi connectivity index (χ1) is 36.7. The molecule has 0 aromatic heterocycles. The molecule has 0 aromatic carbocycles. The van der Waals surface area contributed by atoms with Crippen LogP contribution in [0.15, 0.2) is 24.3 Å². The van der Waals surface area contributed by atoms with E-state index < -0.39 is 74.2 Å². The van der Waals surface area contributed by atoms with E-state index in [-0.39, 0.29) is 6.42 Å². The van der Waals surface area contributed by atoms with Gasteiger partial charge in [0.25, 0.3) is 0 Å². The van der Waals surface area contributed by atoms with Gasteiger partial charge in [0, 0.05) is 0 Å². The quantitative estimate of drug-likeness (QED) is 0.0215. The molecule has 0 bridgehead atoms. The smallest absolute Gasteiger partial charge is 0.249 e. The highest BCUT2D eigenvalue weighted by Crippen LogP contribution is 2.24. The summed E-state index contributed by atoms with van der Waals surface area (Å²) in [4.78, 5) is 13.2. The van der Waals surface area contributed by atoms with Gasteiger partial charge in [-0.2, -0.15) is 0 Å². The van der Waals surface area contributed by atoms with Crippen LogP contribution in [0, 0.1) is 0 Å². The van der Waals surface area contributed by atoms with Crippen molar-refractivity contribution in [2.75, 3.05) is 13.2 Å². The number of unbranched alkanes of at least 4 members (excludes halogenated alkanes) is 40. The molecule has 1 heterocycles. The molecule has 11 nitrogen and oxygen atoms in total. The molecule has 9 unspecified atom stereocenters. The number of hydrogen-bond acceptors (Lipinski definition) is 10. The molecule has 8 N–H and O–H groups in total. The fourth-order valence-electron chi connectivity index (χ4n) is 10.5. The normalized spacial score (nSPS) is 19.8. The Labute approximate surface area is 461 Å². The van der Waals surface area contributed by atoms with Gasteiger partial charge in [0.1, 0.15) is 36.6 Å². The summed E-state index contributed by atoms with van der Waals surface area (Å²) in [7, 11) is 0. The number of carbonyl (C=O) groups excluding carboxylic acids is 1. The summed E-state index contributed by atoms with van der Waals surface area (Å²) in [5, 5.41) is 76.3. The Bertz CT molecular complexity index is 1270. The summed E-state index contributed by atoms with van der Waals surface area (Å²) in [6, 6.07) is -1.17. The van der Waals surface area contributed by atoms with Gasteiger partial charge in [-0.1, -0.05) is 289 Å². The zero-order valence-electron chi connectivity index (χ0n) is 48.8. The van der Waals surface area contributed by atoms with Gasteiger partial charge >= 0.3 is 0 Å². The standard InChI is InChI=1S/C64H123NO10/c1-3-5-7-9-11-13-15-17-19-21-22-23-24-25-26-27-28-29-30-31-32-33-34-35-36-38-39-41-43-45-47-49-51-56(67)59(69)55(54-74-64-62(72)61(71)60(70)58(53-66)75-64)65-63(73)57(68)52-50-48-46-44-42-40-37-20-18-16-14-12-10-8-6-4-2/h12,14,18,20,55-62,64,66-72H,3-11,13,15-17,19,21-54H2,1-2H3,(H,65,73)/b14-12-,20-18-. The van der Waals surface area contributed by atoms with Crippen molar-refractivity contribution in [3.63, 3.8) is 0 Å². The topological polar surface area (TPSA) is 189 Å². The van der Waals surface area contributed by atoms with Gasteiger partial charge < -0.3 is 50.5 Å². The Balaban J connectivity index is 2.19. The molecule has 1 saturated heterocycles. The van der Waals surface area contributed by atoms with Crippen molar-refractivity contribution in [1.29, 1.82) is 0 Å². The van der Waals surface area contributed by atoms with Crippen LogP contribution in [0.2, 0.25) is 0 Å². The van der Waals surface area contributed by atoms with Crippen LogP contribution in [0.5, 0.6) is 0 Å². The predicted molar refractivity (Wildman–Crippen MR) is 312 cm³/mol. The van der Waals surface area contributed by atoms with E-state index in [0.29, 0.717) is 19.3 Å². The predicted octanol–water partition coefficient (Wildman–Crippen LogP) is 14.5. The molecule has 1 aliphatic rings. The molecule has 1 rings (SSSR count). The van der Waals surface area contributed by atoms with Crippen LogP contribution in [-0.2, 0) is 14.3 Å². The van der Waals surface area contributed by atoms with E-state index in [9.17, 15) is 40.5 Å². The molecule has 75 heavy (non-hydrogen) atoms. The second kappa shape index (κ2) is 53.2. The number of aliphatic hydroxyl groups excluding tert-OH is 7. The monoisotopic (exact) mass is 1070 g/mol. The van der Waals surface area contributed by atoms with Crippen LogP contribution in [0.1, 0.15) is 309 Å². The third-order valence-electron chi connectivity index (χ3n) is 15.8. The van der Waals surface area contributed by atoms with Gasteiger partial charge in [-0.25, -0.2) is 0 Å². The molecule has 0 saturated carbocycles. The summed E-state index contributed by atoms with van der Waals surface area (Å²) in [6.45, 7) is 3.46. The molecular weight excluding hydrogens is 943 g/mol. The maximum atomic E-state index is 13.2. The summed E-state index contributed by atoms with van der Waals surface area (Å²) in [5.74, 6) is -0.701. The van der Waals surface area contributed by atoms with Crippen molar-refractivity contribution >= 4 is 5.91 Å². The van der Waals surface area contributed by atoms with Crippen molar-refractivity contribution < 1.29 is 50.0 Å². The van der Waals surface area contributed by atoms with E-state index in [1.807, 2.05) is 0 Å². The average molecular weight is 1070 g/mol. The molecule has 0 aromatic rings. The Morgan fingerprint density at radius 1 is 0.467 bits per heavy atom. The first-order valence-electron chi connectivity index (χ1n) is 32.2. The van der Waals surface area contributed by atoms with Crippen LogP contribution < -0.4 is 5.32 Å². The lowest BCUT2D eigenvalue weighted by Crippen LogP contribution is -2.60. The molecule has 9 atom stereocenters. The summed E-state index contributed by atoms with van der Waals surface area (Å²) in [5.41, 5.74) is 0. The Hall–Kier alpha value is -1.41. The second-order valence-corrected chi connectivity index (χ2v) is 22.8. The maximum absolute atomic E-state index is 13.2. The third-order valence-corrected chi connectivity index (χ3v) is 15.8. The van der Waals surface area contributed by atoms with Crippen LogP contribution in [0.3, 0.4) is 0 Å². The zero-order valence-corrected chi connectivity index (χ0v) is 48.8. The number of allylic oxidation sites excluding steroid dienone is 4. The lowest BCUT2D eigenvalue weighted by atomic mass is 9.98. The highest BCUT2D eigenvalue weighted by Gasteiger charge is 2.44. The van der Waals surface area contributed by atoms with E-state index in [2.05, 4.69) is 43.5 Å². The minimum absolute atomic E-state index is 0.249. The zero-order chi connectivity index (χ0) is 54.7. The van der Waals surface area contributed by atoms with Gasteiger partial charge in [0.05, 0.1) is 25.4 Å². The maximum Gasteiger partial charge on any atom is 0.249 e. The molecule has 1 amide bonds. The first-order valence-corrected chi connectivity index (χ1v) is 32.2. The fourth-order valence-corrected chi connectivity index (χ4v) is 10.5. The highest BCUT2D eigenvalue weighted by molar-refractivity contribution is 5.80. The number of hydrogen-bond donors (Lipinski definition) is 8. The van der Waals surface area contributed by atoms with Crippen molar-refractivity contribution in [3.8, 4) is 0 Å². The van der Waals surface area contributed by atoms with Crippen LogP contribution in [0.25, 0.3) is 0 Å². The number of aliphatic hydroxyl groups is 7. The second-order valence-electron chi connectivity index (χ2n) is 22.8. The number of carbonyl (C=O) groups is 1. The van der Waals surface area contributed by atoms with Crippen LogP contribution in [-0.4, -0.2) is 110 Å². The fraction of sp³-hybridized carbons (Fsp3) is 0.922. The summed E-state index contributed by atoms with van der Waals surface area (Å²) >= 11 is 0. The Morgan fingerprint density at radius 3 is 1.21 bits per heavy atom. The Kier molecular flexibility index (Phi) is 50.8. The van der Waals surface area contributed by atoms with Gasteiger partial charge in [-0.15, -0.1) is 0 Å². The largest absolute Gasteiger partial charge is 0.394 e. The van der Waals surface area contributed by atoms with Crippen molar-refractivity contribution in [2.24, 2.45) is 0 Å². The van der Waals surface area contributed by atoms with Gasteiger partial charge in [-0.3, -0.25) is 4.79 Å². The molecular formula is C64H123NO10. The molecule has 444 valence electrons. The van der Waals surface area contributed by atoms with Gasteiger partial charge in [0.2, 0.25) is 5.91 Å². The number of rotatable bonds is 56. The Morgan fingerprint density at radius 2 is 0.813 bits per heavy atom. The number of nitrogens with one attached hydrogen (secondary N) is 1. The summed E-state index contributed by atoms with van der Waals surface area (Å²) in [6.07, 6.45) is 54.0. The molecule has 0 aliphatic carbocycles. The molecule has 1 aliphatic heterocycles. The molecule has 1 fully saturated rings. The van der Waals surface area contributed by atoms with Crippen molar-refractivity contribution in [3.05, 3.63) is 24.3 Å². The minimum atomic E-state index is -1.66. The lowest BCUT2D eigenvalue weighted by Gasteiger charge is -2.40.